The summed E-state index contributed by atoms with van der Waals surface area (Å²) in [5, 5.41) is 3.42. The van der Waals surface area contributed by atoms with Crippen LogP contribution >= 0.6 is 0 Å². The molecule has 0 saturated carbocycles. The molecule has 1 N–H and O–H groups in total. The molecule has 19 heavy (non-hydrogen) atoms. The maximum Gasteiger partial charge on any atom is 0.111 e. The number of aromatic nitrogens is 2. The van der Waals surface area contributed by atoms with Crippen LogP contribution in [-0.4, -0.2) is 40.6 Å². The molecule has 0 aliphatic carbocycles. The summed E-state index contributed by atoms with van der Waals surface area (Å²) in [6, 6.07) is 0. The van der Waals surface area contributed by atoms with E-state index in [4.69, 9.17) is 4.98 Å². The zero-order valence-corrected chi connectivity index (χ0v) is 12.9. The van der Waals surface area contributed by atoms with E-state index in [9.17, 15) is 0 Å². The molecule has 0 spiro atoms. The Morgan fingerprint density at radius 3 is 2.68 bits per heavy atom. The van der Waals surface area contributed by atoms with Gasteiger partial charge in [-0.25, -0.2) is 4.98 Å². The molecule has 1 aliphatic rings. The quantitative estimate of drug-likeness (QED) is 0.853. The van der Waals surface area contributed by atoms with Crippen molar-refractivity contribution in [1.29, 1.82) is 0 Å². The summed E-state index contributed by atoms with van der Waals surface area (Å²) in [6.45, 7) is 15.5. The fourth-order valence-corrected chi connectivity index (χ4v) is 2.86. The number of rotatable bonds is 6. The van der Waals surface area contributed by atoms with E-state index in [1.807, 2.05) is 0 Å². The highest BCUT2D eigenvalue weighted by Gasteiger charge is 2.21. The van der Waals surface area contributed by atoms with Crippen LogP contribution < -0.4 is 5.32 Å². The number of nitrogens with zero attached hydrogens (tertiary/aromatic N) is 3. The molecule has 0 fully saturated rings. The molecule has 108 valence electrons. The van der Waals surface area contributed by atoms with Crippen LogP contribution in [0.1, 0.15) is 50.8 Å². The van der Waals surface area contributed by atoms with E-state index >= 15 is 0 Å². The van der Waals surface area contributed by atoms with Gasteiger partial charge in [-0.15, -0.1) is 0 Å². The first-order valence-corrected chi connectivity index (χ1v) is 7.68. The third kappa shape index (κ3) is 3.18. The molecule has 4 heteroatoms. The first kappa shape index (κ1) is 14.5. The van der Waals surface area contributed by atoms with E-state index in [0.717, 1.165) is 45.7 Å². The van der Waals surface area contributed by atoms with Gasteiger partial charge >= 0.3 is 0 Å². The van der Waals surface area contributed by atoms with Gasteiger partial charge in [-0.2, -0.15) is 0 Å². The lowest BCUT2D eigenvalue weighted by molar-refractivity contribution is 0.287. The maximum atomic E-state index is 4.86. The minimum atomic E-state index is 0.502. The van der Waals surface area contributed by atoms with Crippen LogP contribution in [0.3, 0.4) is 0 Å². The SMILES string of the molecule is CCN(CC)CCn1c(C(C)C)nc2c1CCNC2. The number of hydrogen-bond acceptors (Lipinski definition) is 3. The largest absolute Gasteiger partial charge is 0.330 e. The molecular formula is C15H28N4. The Bertz CT molecular complexity index is 405. The minimum Gasteiger partial charge on any atom is -0.330 e. The maximum absolute atomic E-state index is 4.86. The predicted octanol–water partition coefficient (Wildman–Crippen LogP) is 1.99. The second-order valence-corrected chi connectivity index (χ2v) is 5.62. The lowest BCUT2D eigenvalue weighted by Gasteiger charge is -2.22. The van der Waals surface area contributed by atoms with Gasteiger partial charge in [0, 0.05) is 44.2 Å². The second kappa shape index (κ2) is 6.53. The first-order valence-electron chi connectivity index (χ1n) is 7.68. The minimum absolute atomic E-state index is 0.502. The van der Waals surface area contributed by atoms with Crippen molar-refractivity contribution < 1.29 is 0 Å². The van der Waals surface area contributed by atoms with Crippen LogP contribution in [0.5, 0.6) is 0 Å². The molecule has 0 saturated heterocycles. The molecule has 1 aliphatic heterocycles. The van der Waals surface area contributed by atoms with Crippen molar-refractivity contribution in [1.82, 2.24) is 19.8 Å². The molecular weight excluding hydrogens is 236 g/mol. The number of hydrogen-bond donors (Lipinski definition) is 1. The van der Waals surface area contributed by atoms with Crippen molar-refractivity contribution in [3.8, 4) is 0 Å². The Kier molecular flexibility index (Phi) is 4.99. The van der Waals surface area contributed by atoms with Gasteiger partial charge in [-0.1, -0.05) is 27.7 Å². The highest BCUT2D eigenvalue weighted by molar-refractivity contribution is 5.21. The monoisotopic (exact) mass is 264 g/mol. The molecule has 1 aromatic heterocycles. The topological polar surface area (TPSA) is 33.1 Å². The zero-order valence-electron chi connectivity index (χ0n) is 12.9. The van der Waals surface area contributed by atoms with E-state index in [0.29, 0.717) is 5.92 Å². The van der Waals surface area contributed by atoms with Crippen LogP contribution in [0.4, 0.5) is 0 Å². The Labute approximate surface area is 117 Å². The molecule has 0 amide bonds. The Balaban J connectivity index is 2.19. The van der Waals surface area contributed by atoms with Gasteiger partial charge in [0.15, 0.2) is 0 Å². The van der Waals surface area contributed by atoms with Crippen LogP contribution in [0.2, 0.25) is 0 Å². The fourth-order valence-electron chi connectivity index (χ4n) is 2.86. The molecule has 4 nitrogen and oxygen atoms in total. The van der Waals surface area contributed by atoms with Gasteiger partial charge in [0.05, 0.1) is 5.69 Å². The highest BCUT2D eigenvalue weighted by Crippen LogP contribution is 2.21. The fraction of sp³-hybridized carbons (Fsp3) is 0.800. The van der Waals surface area contributed by atoms with E-state index in [1.54, 1.807) is 0 Å². The van der Waals surface area contributed by atoms with Crippen LogP contribution in [0, 0.1) is 0 Å². The standard InChI is InChI=1S/C15H28N4/c1-5-18(6-2)9-10-19-14-7-8-16-11-13(14)17-15(19)12(3)4/h12,16H,5-11H2,1-4H3. The van der Waals surface area contributed by atoms with Crippen LogP contribution in [-0.2, 0) is 19.5 Å². The van der Waals surface area contributed by atoms with Crippen molar-refractivity contribution in [3.05, 3.63) is 17.2 Å². The van der Waals surface area contributed by atoms with Gasteiger partial charge in [-0.05, 0) is 13.1 Å². The summed E-state index contributed by atoms with van der Waals surface area (Å²) in [7, 11) is 0. The molecule has 2 rings (SSSR count). The summed E-state index contributed by atoms with van der Waals surface area (Å²) < 4.78 is 2.49. The summed E-state index contributed by atoms with van der Waals surface area (Å²) >= 11 is 0. The molecule has 2 heterocycles. The molecule has 1 aromatic rings. The summed E-state index contributed by atoms with van der Waals surface area (Å²) in [6.07, 6.45) is 1.12. The molecule has 0 radical (unpaired) electrons. The van der Waals surface area contributed by atoms with Crippen molar-refractivity contribution in [2.75, 3.05) is 26.2 Å². The van der Waals surface area contributed by atoms with E-state index in [-0.39, 0.29) is 0 Å². The van der Waals surface area contributed by atoms with E-state index < -0.39 is 0 Å². The average molecular weight is 264 g/mol. The van der Waals surface area contributed by atoms with Gasteiger partial charge in [0.1, 0.15) is 5.82 Å². The van der Waals surface area contributed by atoms with Crippen molar-refractivity contribution >= 4 is 0 Å². The smallest absolute Gasteiger partial charge is 0.111 e. The predicted molar refractivity (Wildman–Crippen MR) is 79.5 cm³/mol. The number of nitrogens with one attached hydrogen (secondary N) is 1. The van der Waals surface area contributed by atoms with E-state index in [1.165, 1.54) is 17.2 Å². The normalized spacial score (nSPS) is 15.3. The van der Waals surface area contributed by atoms with Crippen LogP contribution in [0.15, 0.2) is 0 Å². The van der Waals surface area contributed by atoms with Gasteiger partial charge < -0.3 is 14.8 Å². The van der Waals surface area contributed by atoms with E-state index in [2.05, 4.69) is 42.5 Å². The van der Waals surface area contributed by atoms with Gasteiger partial charge in [0.25, 0.3) is 0 Å². The van der Waals surface area contributed by atoms with Crippen molar-refractivity contribution in [2.45, 2.75) is 53.1 Å². The Hall–Kier alpha value is -0.870. The third-order valence-electron chi connectivity index (χ3n) is 4.07. The highest BCUT2D eigenvalue weighted by atomic mass is 15.2. The third-order valence-corrected chi connectivity index (χ3v) is 4.07. The lowest BCUT2D eigenvalue weighted by Crippen LogP contribution is -2.29. The zero-order chi connectivity index (χ0) is 13.8. The first-order chi connectivity index (χ1) is 9.17. The summed E-state index contributed by atoms with van der Waals surface area (Å²) in [5.74, 6) is 1.77. The summed E-state index contributed by atoms with van der Waals surface area (Å²) in [4.78, 5) is 7.35. The second-order valence-electron chi connectivity index (χ2n) is 5.62. The van der Waals surface area contributed by atoms with Crippen molar-refractivity contribution in [2.24, 2.45) is 0 Å². The average Bonchev–Trinajstić information content (AvgIpc) is 2.79. The molecule has 0 atom stereocenters. The summed E-state index contributed by atoms with van der Waals surface area (Å²) in [5.41, 5.74) is 2.74. The van der Waals surface area contributed by atoms with Crippen LogP contribution in [0.25, 0.3) is 0 Å². The van der Waals surface area contributed by atoms with Crippen molar-refractivity contribution in [3.63, 3.8) is 0 Å². The molecule has 0 aromatic carbocycles. The number of fused-ring (bicyclic) bond motifs is 1. The molecule has 0 bridgehead atoms. The van der Waals surface area contributed by atoms with Gasteiger partial charge in [-0.3, -0.25) is 0 Å². The number of imidazole rings is 1. The number of likely N-dealkylation sites (N-methyl/N-ethyl adjacent to an activating group) is 1. The van der Waals surface area contributed by atoms with Gasteiger partial charge in [0.2, 0.25) is 0 Å². The Morgan fingerprint density at radius 2 is 2.05 bits per heavy atom. The lowest BCUT2D eigenvalue weighted by atomic mass is 10.2. The Morgan fingerprint density at radius 1 is 1.32 bits per heavy atom. The molecule has 0 unspecified atom stereocenters.